The monoisotopic (exact) mass is 310 g/mol. The summed E-state index contributed by atoms with van der Waals surface area (Å²) in [6, 6.07) is 16.2. The Balaban J connectivity index is 2.22. The van der Waals surface area contributed by atoms with Gasteiger partial charge < -0.3 is 9.80 Å². The van der Waals surface area contributed by atoms with Gasteiger partial charge in [0.2, 0.25) is 0 Å². The summed E-state index contributed by atoms with van der Waals surface area (Å²) in [5, 5.41) is 0. The molecule has 1 amide bonds. The topological polar surface area (TPSA) is 23.6 Å². The average Bonchev–Trinajstić information content (AvgIpc) is 2.51. The van der Waals surface area contributed by atoms with Crippen LogP contribution in [-0.4, -0.2) is 42.9 Å². The number of carbonyl (C=O) groups is 1. The molecule has 0 bridgehead atoms. The van der Waals surface area contributed by atoms with Gasteiger partial charge in [-0.3, -0.25) is 4.79 Å². The van der Waals surface area contributed by atoms with E-state index in [9.17, 15) is 4.79 Å². The van der Waals surface area contributed by atoms with Crippen molar-refractivity contribution in [1.82, 2.24) is 9.80 Å². The molecule has 0 radical (unpaired) electrons. The summed E-state index contributed by atoms with van der Waals surface area (Å²) >= 11 is 0. The van der Waals surface area contributed by atoms with E-state index in [4.69, 9.17) is 0 Å². The molecule has 3 heteroatoms. The minimum atomic E-state index is 0.105. The predicted octanol–water partition coefficient (Wildman–Crippen LogP) is 3.51. The number of aryl methyl sites for hydroxylation is 2. The Morgan fingerprint density at radius 2 is 1.65 bits per heavy atom. The SMILES string of the molecule is Cc1ccc(C(=O)N(CCN(C)C)Cc2ccccc2)c(C)c1. The summed E-state index contributed by atoms with van der Waals surface area (Å²) < 4.78 is 0. The second kappa shape index (κ2) is 7.93. The molecule has 0 spiro atoms. The number of hydrogen-bond donors (Lipinski definition) is 0. The highest BCUT2D eigenvalue weighted by molar-refractivity contribution is 5.95. The van der Waals surface area contributed by atoms with Gasteiger partial charge in [-0.2, -0.15) is 0 Å². The van der Waals surface area contributed by atoms with Crippen molar-refractivity contribution in [2.45, 2.75) is 20.4 Å². The lowest BCUT2D eigenvalue weighted by Gasteiger charge is -2.25. The van der Waals surface area contributed by atoms with Crippen LogP contribution in [0.4, 0.5) is 0 Å². The maximum atomic E-state index is 13.0. The van der Waals surface area contributed by atoms with Gasteiger partial charge in [0.05, 0.1) is 0 Å². The second-order valence-electron chi connectivity index (χ2n) is 6.33. The third-order valence-electron chi connectivity index (χ3n) is 3.93. The van der Waals surface area contributed by atoms with Crippen molar-refractivity contribution >= 4 is 5.91 Å². The lowest BCUT2D eigenvalue weighted by atomic mass is 10.0. The van der Waals surface area contributed by atoms with Gasteiger partial charge in [-0.15, -0.1) is 0 Å². The third-order valence-corrected chi connectivity index (χ3v) is 3.93. The first-order valence-corrected chi connectivity index (χ1v) is 8.02. The molecule has 2 rings (SSSR count). The molecular formula is C20H26N2O. The van der Waals surface area contributed by atoms with Crippen LogP contribution in [0.3, 0.4) is 0 Å². The fraction of sp³-hybridized carbons (Fsp3) is 0.350. The molecule has 0 aliphatic carbocycles. The molecule has 0 saturated heterocycles. The summed E-state index contributed by atoms with van der Waals surface area (Å²) in [5.41, 5.74) is 4.18. The van der Waals surface area contributed by atoms with Crippen LogP contribution in [0.25, 0.3) is 0 Å². The molecule has 0 heterocycles. The van der Waals surface area contributed by atoms with Gasteiger partial charge in [0, 0.05) is 25.2 Å². The Hall–Kier alpha value is -2.13. The Morgan fingerprint density at radius 1 is 0.957 bits per heavy atom. The number of likely N-dealkylation sites (N-methyl/N-ethyl adjacent to an activating group) is 1. The molecule has 0 saturated carbocycles. The van der Waals surface area contributed by atoms with Gasteiger partial charge >= 0.3 is 0 Å². The number of hydrogen-bond acceptors (Lipinski definition) is 2. The summed E-state index contributed by atoms with van der Waals surface area (Å²) in [4.78, 5) is 17.0. The summed E-state index contributed by atoms with van der Waals surface area (Å²) in [7, 11) is 4.06. The second-order valence-corrected chi connectivity index (χ2v) is 6.33. The minimum absolute atomic E-state index is 0.105. The Morgan fingerprint density at radius 3 is 2.26 bits per heavy atom. The zero-order chi connectivity index (χ0) is 16.8. The quantitative estimate of drug-likeness (QED) is 0.815. The number of benzene rings is 2. The fourth-order valence-electron chi connectivity index (χ4n) is 2.60. The van der Waals surface area contributed by atoms with Crippen LogP contribution in [0.5, 0.6) is 0 Å². The van der Waals surface area contributed by atoms with Crippen LogP contribution in [0, 0.1) is 13.8 Å². The Bertz CT molecular complexity index is 650. The first-order valence-electron chi connectivity index (χ1n) is 8.02. The fourth-order valence-corrected chi connectivity index (χ4v) is 2.60. The van der Waals surface area contributed by atoms with Crippen LogP contribution < -0.4 is 0 Å². The number of amides is 1. The predicted molar refractivity (Wildman–Crippen MR) is 95.7 cm³/mol. The largest absolute Gasteiger partial charge is 0.333 e. The van der Waals surface area contributed by atoms with Crippen molar-refractivity contribution in [1.29, 1.82) is 0 Å². The Kier molecular flexibility index (Phi) is 5.94. The highest BCUT2D eigenvalue weighted by atomic mass is 16.2. The molecule has 23 heavy (non-hydrogen) atoms. The van der Waals surface area contributed by atoms with E-state index >= 15 is 0 Å². The van der Waals surface area contributed by atoms with Gasteiger partial charge in [0.15, 0.2) is 0 Å². The molecule has 0 aromatic heterocycles. The molecule has 0 aliphatic heterocycles. The average molecular weight is 310 g/mol. The molecule has 0 atom stereocenters. The van der Waals surface area contributed by atoms with Gasteiger partial charge in [-0.25, -0.2) is 0 Å². The van der Waals surface area contributed by atoms with E-state index < -0.39 is 0 Å². The van der Waals surface area contributed by atoms with Gasteiger partial charge in [0.25, 0.3) is 5.91 Å². The first-order chi connectivity index (χ1) is 11.0. The molecule has 122 valence electrons. The van der Waals surface area contributed by atoms with Crippen LogP contribution in [0.1, 0.15) is 27.0 Å². The van der Waals surface area contributed by atoms with Crippen molar-refractivity contribution in [2.75, 3.05) is 27.2 Å². The lowest BCUT2D eigenvalue weighted by Crippen LogP contribution is -2.36. The normalized spacial score (nSPS) is 10.8. The smallest absolute Gasteiger partial charge is 0.254 e. The molecule has 2 aromatic carbocycles. The van der Waals surface area contributed by atoms with Crippen molar-refractivity contribution in [3.8, 4) is 0 Å². The standard InChI is InChI=1S/C20H26N2O/c1-16-10-11-19(17(2)14-16)20(23)22(13-12-21(3)4)15-18-8-6-5-7-9-18/h5-11,14H,12-13,15H2,1-4H3. The van der Waals surface area contributed by atoms with E-state index in [2.05, 4.69) is 30.0 Å². The first kappa shape index (κ1) is 17.2. The number of rotatable bonds is 6. The molecule has 3 nitrogen and oxygen atoms in total. The van der Waals surface area contributed by atoms with E-state index in [0.29, 0.717) is 13.1 Å². The van der Waals surface area contributed by atoms with Crippen molar-refractivity contribution in [3.63, 3.8) is 0 Å². The maximum absolute atomic E-state index is 13.0. The van der Waals surface area contributed by atoms with Crippen LogP contribution >= 0.6 is 0 Å². The summed E-state index contributed by atoms with van der Waals surface area (Å²) in [6.07, 6.45) is 0. The molecule has 0 N–H and O–H groups in total. The van der Waals surface area contributed by atoms with Crippen LogP contribution in [0.2, 0.25) is 0 Å². The van der Waals surface area contributed by atoms with Gasteiger partial charge in [0.1, 0.15) is 0 Å². The lowest BCUT2D eigenvalue weighted by molar-refractivity contribution is 0.0731. The minimum Gasteiger partial charge on any atom is -0.333 e. The van der Waals surface area contributed by atoms with Gasteiger partial charge in [-0.05, 0) is 45.1 Å². The highest BCUT2D eigenvalue weighted by Gasteiger charge is 2.18. The van der Waals surface area contributed by atoms with E-state index in [-0.39, 0.29) is 5.91 Å². The third kappa shape index (κ3) is 4.93. The highest BCUT2D eigenvalue weighted by Crippen LogP contribution is 2.15. The summed E-state index contributed by atoms with van der Waals surface area (Å²) in [6.45, 7) is 6.26. The van der Waals surface area contributed by atoms with Crippen LogP contribution in [0.15, 0.2) is 48.5 Å². The zero-order valence-corrected chi connectivity index (χ0v) is 14.5. The van der Waals surface area contributed by atoms with Crippen LogP contribution in [-0.2, 0) is 6.54 Å². The number of nitrogens with zero attached hydrogens (tertiary/aromatic N) is 2. The molecular weight excluding hydrogens is 284 g/mol. The Labute approximate surface area is 139 Å². The number of carbonyl (C=O) groups excluding carboxylic acids is 1. The summed E-state index contributed by atoms with van der Waals surface area (Å²) in [5.74, 6) is 0.105. The van der Waals surface area contributed by atoms with Crippen molar-refractivity contribution in [3.05, 3.63) is 70.8 Å². The maximum Gasteiger partial charge on any atom is 0.254 e. The van der Waals surface area contributed by atoms with E-state index in [0.717, 1.165) is 23.2 Å². The molecule has 2 aromatic rings. The molecule has 0 aliphatic rings. The van der Waals surface area contributed by atoms with E-state index in [1.165, 1.54) is 5.56 Å². The van der Waals surface area contributed by atoms with E-state index in [1.54, 1.807) is 0 Å². The van der Waals surface area contributed by atoms with Crippen molar-refractivity contribution in [2.24, 2.45) is 0 Å². The molecule has 0 fully saturated rings. The zero-order valence-electron chi connectivity index (χ0n) is 14.5. The van der Waals surface area contributed by atoms with Crippen molar-refractivity contribution < 1.29 is 4.79 Å². The van der Waals surface area contributed by atoms with E-state index in [1.807, 2.05) is 56.3 Å². The molecule has 0 unspecified atom stereocenters. The van der Waals surface area contributed by atoms with Gasteiger partial charge in [-0.1, -0.05) is 48.0 Å².